The van der Waals surface area contributed by atoms with Gasteiger partial charge in [-0.3, -0.25) is 9.59 Å². The fourth-order valence-electron chi connectivity index (χ4n) is 3.68. The van der Waals surface area contributed by atoms with Crippen molar-refractivity contribution in [1.82, 2.24) is 9.80 Å². The number of benzene rings is 1. The van der Waals surface area contributed by atoms with Crippen molar-refractivity contribution in [1.29, 1.82) is 0 Å². The maximum atomic E-state index is 12.9. The average Bonchev–Trinajstić information content (AvgIpc) is 3.23. The summed E-state index contributed by atoms with van der Waals surface area (Å²) < 4.78 is 11.4. The van der Waals surface area contributed by atoms with E-state index in [1.54, 1.807) is 43.3 Å². The number of aliphatic hydroxyl groups excluding tert-OH is 1. The van der Waals surface area contributed by atoms with Crippen LogP contribution in [0.15, 0.2) is 46.4 Å². The Balaban J connectivity index is 2.00. The van der Waals surface area contributed by atoms with E-state index in [1.807, 2.05) is 32.8 Å². The standard InChI is InChI=1S/C24H30N2O5/c1-15(2)30-18-10-8-17(9-11-18)22(27)20-21(19-12-7-16(3)31-19)26(24(29)23(20)28)14-6-13-25(4)5/h7-12,15,21,27H,6,13-14H2,1-5H3/t21-/m1/s1. The van der Waals surface area contributed by atoms with E-state index in [1.165, 1.54) is 4.90 Å². The predicted molar refractivity (Wildman–Crippen MR) is 118 cm³/mol. The summed E-state index contributed by atoms with van der Waals surface area (Å²) in [6, 6.07) is 9.59. The fraction of sp³-hybridized carbons (Fsp3) is 0.417. The molecule has 1 aromatic carbocycles. The number of carbonyl (C=O) groups excluding carboxylic acids is 2. The Hall–Kier alpha value is -3.06. The van der Waals surface area contributed by atoms with Crippen LogP contribution in [0.1, 0.15) is 43.4 Å². The Kier molecular flexibility index (Phi) is 6.85. The Morgan fingerprint density at radius 3 is 2.39 bits per heavy atom. The summed E-state index contributed by atoms with van der Waals surface area (Å²) in [5.74, 6) is 0.243. The maximum absolute atomic E-state index is 12.9. The number of likely N-dealkylation sites (tertiary alicyclic amines) is 1. The van der Waals surface area contributed by atoms with E-state index >= 15 is 0 Å². The summed E-state index contributed by atoms with van der Waals surface area (Å²) in [5.41, 5.74) is 0.484. The molecule has 0 radical (unpaired) electrons. The fourth-order valence-corrected chi connectivity index (χ4v) is 3.68. The van der Waals surface area contributed by atoms with Gasteiger partial charge in [-0.1, -0.05) is 0 Å². The third kappa shape index (κ3) is 4.99. The van der Waals surface area contributed by atoms with Crippen molar-refractivity contribution in [3.8, 4) is 5.75 Å². The minimum Gasteiger partial charge on any atom is -0.507 e. The number of nitrogens with zero attached hydrogens (tertiary/aromatic N) is 2. The lowest BCUT2D eigenvalue weighted by atomic mass is 9.99. The number of rotatable bonds is 8. The summed E-state index contributed by atoms with van der Waals surface area (Å²) >= 11 is 0. The van der Waals surface area contributed by atoms with E-state index in [0.29, 0.717) is 35.8 Å². The molecule has 0 saturated carbocycles. The quantitative estimate of drug-likeness (QED) is 0.393. The highest BCUT2D eigenvalue weighted by atomic mass is 16.5. The highest BCUT2D eigenvalue weighted by Gasteiger charge is 2.47. The molecule has 1 amide bonds. The van der Waals surface area contributed by atoms with Gasteiger partial charge in [0.1, 0.15) is 29.1 Å². The lowest BCUT2D eigenvalue weighted by molar-refractivity contribution is -0.140. The van der Waals surface area contributed by atoms with Crippen molar-refractivity contribution < 1.29 is 23.8 Å². The molecule has 1 fully saturated rings. The number of ether oxygens (including phenoxy) is 1. The number of Topliss-reactive ketones (excluding diaryl/α,β-unsaturated/α-hetero) is 1. The van der Waals surface area contributed by atoms with Crippen LogP contribution in [-0.2, 0) is 9.59 Å². The van der Waals surface area contributed by atoms with E-state index in [-0.39, 0.29) is 17.4 Å². The molecule has 1 aliphatic heterocycles. The molecular formula is C24H30N2O5. The predicted octanol–water partition coefficient (Wildman–Crippen LogP) is 3.75. The number of aliphatic hydroxyl groups is 1. The van der Waals surface area contributed by atoms with Crippen LogP contribution in [0, 0.1) is 6.92 Å². The van der Waals surface area contributed by atoms with Crippen LogP contribution >= 0.6 is 0 Å². The molecule has 2 heterocycles. The van der Waals surface area contributed by atoms with E-state index in [2.05, 4.69) is 0 Å². The van der Waals surface area contributed by atoms with Crippen molar-refractivity contribution in [2.24, 2.45) is 0 Å². The minimum absolute atomic E-state index is 0.0223. The van der Waals surface area contributed by atoms with Crippen LogP contribution in [-0.4, -0.2) is 59.9 Å². The molecule has 0 bridgehead atoms. The number of hydrogen-bond donors (Lipinski definition) is 1. The van der Waals surface area contributed by atoms with Gasteiger partial charge in [-0.05, 0) is 84.2 Å². The minimum atomic E-state index is -0.762. The third-order valence-corrected chi connectivity index (χ3v) is 5.07. The normalized spacial score (nSPS) is 18.4. The van der Waals surface area contributed by atoms with E-state index < -0.39 is 17.7 Å². The van der Waals surface area contributed by atoms with Gasteiger partial charge in [0.05, 0.1) is 11.7 Å². The van der Waals surface area contributed by atoms with E-state index in [9.17, 15) is 14.7 Å². The van der Waals surface area contributed by atoms with Crippen LogP contribution in [0.3, 0.4) is 0 Å². The third-order valence-electron chi connectivity index (χ3n) is 5.07. The summed E-state index contributed by atoms with van der Waals surface area (Å²) in [4.78, 5) is 29.3. The zero-order valence-electron chi connectivity index (χ0n) is 18.7. The Labute approximate surface area is 182 Å². The molecule has 1 aromatic heterocycles. The van der Waals surface area contributed by atoms with Gasteiger partial charge < -0.3 is 24.1 Å². The van der Waals surface area contributed by atoms with Crippen LogP contribution in [0.25, 0.3) is 5.76 Å². The van der Waals surface area contributed by atoms with E-state index in [0.717, 1.165) is 6.54 Å². The highest BCUT2D eigenvalue weighted by Crippen LogP contribution is 2.40. The lowest BCUT2D eigenvalue weighted by Gasteiger charge is -2.24. The second-order valence-corrected chi connectivity index (χ2v) is 8.29. The number of furan rings is 1. The zero-order chi connectivity index (χ0) is 22.7. The van der Waals surface area contributed by atoms with Crippen LogP contribution in [0.5, 0.6) is 5.75 Å². The molecule has 1 saturated heterocycles. The molecule has 3 rings (SSSR count). The first-order valence-corrected chi connectivity index (χ1v) is 10.5. The molecule has 0 spiro atoms. The average molecular weight is 427 g/mol. The number of carbonyl (C=O) groups is 2. The highest BCUT2D eigenvalue weighted by molar-refractivity contribution is 6.46. The van der Waals surface area contributed by atoms with Crippen molar-refractivity contribution in [2.45, 2.75) is 39.3 Å². The molecule has 2 aromatic rings. The molecule has 7 nitrogen and oxygen atoms in total. The van der Waals surface area contributed by atoms with Gasteiger partial charge in [0, 0.05) is 12.1 Å². The number of hydrogen-bond acceptors (Lipinski definition) is 6. The molecule has 1 atom stereocenters. The van der Waals surface area contributed by atoms with Crippen LogP contribution in [0.4, 0.5) is 0 Å². The second-order valence-electron chi connectivity index (χ2n) is 8.29. The topological polar surface area (TPSA) is 83.2 Å². The van der Waals surface area contributed by atoms with Gasteiger partial charge in [0.15, 0.2) is 0 Å². The first-order chi connectivity index (χ1) is 14.7. The maximum Gasteiger partial charge on any atom is 0.295 e. The molecule has 0 aliphatic carbocycles. The second kappa shape index (κ2) is 9.39. The van der Waals surface area contributed by atoms with Gasteiger partial charge in [-0.25, -0.2) is 0 Å². The number of amides is 1. The summed E-state index contributed by atoms with van der Waals surface area (Å²) in [6.07, 6.45) is 0.714. The molecular weight excluding hydrogens is 396 g/mol. The first kappa shape index (κ1) is 22.6. The Morgan fingerprint density at radius 2 is 1.84 bits per heavy atom. The summed E-state index contributed by atoms with van der Waals surface area (Å²) in [7, 11) is 3.91. The van der Waals surface area contributed by atoms with E-state index in [4.69, 9.17) is 9.15 Å². The number of aryl methyl sites for hydroxylation is 1. The number of ketones is 1. The van der Waals surface area contributed by atoms with Crippen molar-refractivity contribution in [2.75, 3.05) is 27.2 Å². The zero-order valence-corrected chi connectivity index (χ0v) is 18.7. The van der Waals surface area contributed by atoms with Crippen LogP contribution < -0.4 is 4.74 Å². The molecule has 1 aliphatic rings. The Bertz CT molecular complexity index is 972. The molecule has 7 heteroatoms. The SMILES string of the molecule is Cc1ccc([C@@H]2C(=C(O)c3ccc(OC(C)C)cc3)C(=O)C(=O)N2CCCN(C)C)o1. The first-order valence-electron chi connectivity index (χ1n) is 10.5. The van der Waals surface area contributed by atoms with Gasteiger partial charge in [-0.15, -0.1) is 0 Å². The van der Waals surface area contributed by atoms with Gasteiger partial charge >= 0.3 is 0 Å². The summed E-state index contributed by atoms with van der Waals surface area (Å²) in [5, 5.41) is 11.0. The molecule has 0 unspecified atom stereocenters. The van der Waals surface area contributed by atoms with Crippen molar-refractivity contribution in [3.05, 3.63) is 59.1 Å². The smallest absolute Gasteiger partial charge is 0.295 e. The van der Waals surface area contributed by atoms with Gasteiger partial charge in [0.25, 0.3) is 11.7 Å². The van der Waals surface area contributed by atoms with Crippen molar-refractivity contribution in [3.63, 3.8) is 0 Å². The lowest BCUT2D eigenvalue weighted by Crippen LogP contribution is -2.32. The van der Waals surface area contributed by atoms with Gasteiger partial charge in [0.2, 0.25) is 0 Å². The van der Waals surface area contributed by atoms with Gasteiger partial charge in [-0.2, -0.15) is 0 Å². The molecule has 31 heavy (non-hydrogen) atoms. The Morgan fingerprint density at radius 1 is 1.16 bits per heavy atom. The monoisotopic (exact) mass is 426 g/mol. The molecule has 1 N–H and O–H groups in total. The molecule has 166 valence electrons. The summed E-state index contributed by atoms with van der Waals surface area (Å²) in [6.45, 7) is 6.80. The van der Waals surface area contributed by atoms with Crippen LogP contribution in [0.2, 0.25) is 0 Å². The largest absolute Gasteiger partial charge is 0.507 e. The van der Waals surface area contributed by atoms with Crippen molar-refractivity contribution >= 4 is 17.4 Å².